The van der Waals surface area contributed by atoms with Gasteiger partial charge in [0.15, 0.2) is 11.4 Å². The van der Waals surface area contributed by atoms with Gasteiger partial charge >= 0.3 is 5.97 Å². The van der Waals surface area contributed by atoms with Crippen LogP contribution in [-0.4, -0.2) is 69.3 Å². The third kappa shape index (κ3) is 2.56. The molecule has 1 aromatic rings. The van der Waals surface area contributed by atoms with E-state index in [1.165, 1.54) is 4.90 Å². The Morgan fingerprint density at radius 1 is 1.42 bits per heavy atom. The zero-order valence-corrected chi connectivity index (χ0v) is 10.4. The Balaban J connectivity index is 2.21. The number of aromatic amines is 1. The highest BCUT2D eigenvalue weighted by atomic mass is 16.4. The Bertz CT molecular complexity index is 525. The number of hydrogen-bond acceptors (Lipinski definition) is 4. The van der Waals surface area contributed by atoms with Crippen LogP contribution < -0.4 is 0 Å². The molecule has 0 unspecified atom stereocenters. The summed E-state index contributed by atoms with van der Waals surface area (Å²) >= 11 is 0. The maximum absolute atomic E-state index is 12.2. The number of imidazole rings is 1. The van der Waals surface area contributed by atoms with E-state index in [1.807, 2.05) is 0 Å². The van der Waals surface area contributed by atoms with Gasteiger partial charge in [0, 0.05) is 20.1 Å². The highest BCUT2D eigenvalue weighted by Gasteiger charge is 2.28. The molecule has 1 fully saturated rings. The maximum atomic E-state index is 12.2. The summed E-state index contributed by atoms with van der Waals surface area (Å²) in [7, 11) is 1.67. The van der Waals surface area contributed by atoms with Gasteiger partial charge in [-0.3, -0.25) is 9.59 Å². The van der Waals surface area contributed by atoms with Gasteiger partial charge in [0.25, 0.3) is 5.91 Å². The zero-order chi connectivity index (χ0) is 14.0. The second-order valence-corrected chi connectivity index (χ2v) is 4.33. The van der Waals surface area contributed by atoms with Crippen LogP contribution in [0.5, 0.6) is 0 Å². The van der Waals surface area contributed by atoms with Gasteiger partial charge in [-0.25, -0.2) is 9.78 Å². The molecule has 0 radical (unpaired) electrons. The Morgan fingerprint density at radius 3 is 2.84 bits per heavy atom. The molecule has 0 aliphatic carbocycles. The quantitative estimate of drug-likeness (QED) is 0.744. The molecule has 1 aliphatic heterocycles. The number of carboxylic acids is 1. The first-order valence-corrected chi connectivity index (χ1v) is 5.80. The number of aromatic nitrogens is 2. The number of hydrogen-bond donors (Lipinski definition) is 2. The van der Waals surface area contributed by atoms with Crippen LogP contribution in [-0.2, 0) is 4.79 Å². The smallest absolute Gasteiger partial charge is 0.354 e. The van der Waals surface area contributed by atoms with Gasteiger partial charge in [-0.1, -0.05) is 0 Å². The fraction of sp³-hybridized carbons (Fsp3) is 0.455. The molecule has 2 rings (SSSR count). The molecule has 8 heteroatoms. The first-order chi connectivity index (χ1) is 9.00. The van der Waals surface area contributed by atoms with E-state index in [-0.39, 0.29) is 23.8 Å². The average Bonchev–Trinajstić information content (AvgIpc) is 2.79. The Hall–Kier alpha value is -2.38. The van der Waals surface area contributed by atoms with Crippen molar-refractivity contribution in [3.63, 3.8) is 0 Å². The number of likely N-dealkylation sites (N-methyl/N-ethyl adjacent to an activating group) is 1. The predicted octanol–water partition coefficient (Wildman–Crippen LogP) is -0.588. The van der Waals surface area contributed by atoms with Crippen LogP contribution in [0.4, 0.5) is 0 Å². The van der Waals surface area contributed by atoms with Crippen LogP contribution in [0, 0.1) is 0 Å². The molecule has 1 aromatic heterocycles. The number of rotatable bonds is 2. The van der Waals surface area contributed by atoms with Gasteiger partial charge in [-0.05, 0) is 6.42 Å². The summed E-state index contributed by atoms with van der Waals surface area (Å²) in [5, 5.41) is 8.93. The summed E-state index contributed by atoms with van der Waals surface area (Å²) < 4.78 is 0. The summed E-state index contributed by atoms with van der Waals surface area (Å²) in [5.74, 6) is -1.96. The standard InChI is InChI=1S/C11H14N4O4/c1-14-3-2-4-15(5-7(14)16)10(17)8-9(11(18)19)13-6-12-8/h6H,2-5H2,1H3,(H,12,13)(H,18,19). The summed E-state index contributed by atoms with van der Waals surface area (Å²) in [6, 6.07) is 0. The SMILES string of the molecule is CN1CCCN(C(=O)c2nc[nH]c2C(=O)O)CC1=O. The first-order valence-electron chi connectivity index (χ1n) is 5.80. The van der Waals surface area contributed by atoms with Crippen LogP contribution in [0.25, 0.3) is 0 Å². The number of carboxylic acid groups (broad SMARTS) is 1. The third-order valence-electron chi connectivity index (χ3n) is 3.02. The minimum atomic E-state index is -1.25. The van der Waals surface area contributed by atoms with Crippen LogP contribution in [0.15, 0.2) is 6.33 Å². The molecule has 0 spiro atoms. The van der Waals surface area contributed by atoms with Crippen molar-refractivity contribution in [2.45, 2.75) is 6.42 Å². The molecule has 2 N–H and O–H groups in total. The first kappa shape index (κ1) is 13.1. The fourth-order valence-corrected chi connectivity index (χ4v) is 1.93. The van der Waals surface area contributed by atoms with Gasteiger partial charge in [-0.15, -0.1) is 0 Å². The lowest BCUT2D eigenvalue weighted by molar-refractivity contribution is -0.129. The van der Waals surface area contributed by atoms with E-state index in [0.29, 0.717) is 19.5 Å². The van der Waals surface area contributed by atoms with E-state index < -0.39 is 11.9 Å². The van der Waals surface area contributed by atoms with Gasteiger partial charge in [-0.2, -0.15) is 0 Å². The molecule has 0 saturated carbocycles. The largest absolute Gasteiger partial charge is 0.477 e. The fourth-order valence-electron chi connectivity index (χ4n) is 1.93. The lowest BCUT2D eigenvalue weighted by Gasteiger charge is -2.18. The van der Waals surface area contributed by atoms with Gasteiger partial charge in [0.1, 0.15) is 6.54 Å². The monoisotopic (exact) mass is 266 g/mol. The third-order valence-corrected chi connectivity index (χ3v) is 3.02. The normalized spacial score (nSPS) is 16.4. The maximum Gasteiger partial charge on any atom is 0.354 e. The second-order valence-electron chi connectivity index (χ2n) is 4.33. The molecule has 8 nitrogen and oxygen atoms in total. The number of nitrogens with one attached hydrogen (secondary N) is 1. The number of aromatic carboxylic acids is 1. The van der Waals surface area contributed by atoms with E-state index in [9.17, 15) is 14.4 Å². The van der Waals surface area contributed by atoms with Crippen molar-refractivity contribution in [1.82, 2.24) is 19.8 Å². The van der Waals surface area contributed by atoms with Gasteiger partial charge in [0.2, 0.25) is 5.91 Å². The molecule has 102 valence electrons. The highest BCUT2D eigenvalue weighted by Crippen LogP contribution is 2.10. The zero-order valence-electron chi connectivity index (χ0n) is 10.4. The topological polar surface area (TPSA) is 107 Å². The molecule has 1 aliphatic rings. The predicted molar refractivity (Wildman–Crippen MR) is 63.7 cm³/mol. The molecule has 0 bridgehead atoms. The Labute approximate surface area is 109 Å². The van der Waals surface area contributed by atoms with E-state index in [0.717, 1.165) is 6.33 Å². The number of H-pyrrole nitrogens is 1. The minimum absolute atomic E-state index is 0.0543. The molecule has 0 aromatic carbocycles. The van der Waals surface area contributed by atoms with E-state index in [1.54, 1.807) is 11.9 Å². The Morgan fingerprint density at radius 2 is 2.16 bits per heavy atom. The molecular weight excluding hydrogens is 252 g/mol. The van der Waals surface area contributed by atoms with Crippen molar-refractivity contribution in [2.24, 2.45) is 0 Å². The number of nitrogens with zero attached hydrogens (tertiary/aromatic N) is 3. The van der Waals surface area contributed by atoms with E-state index in [2.05, 4.69) is 9.97 Å². The van der Waals surface area contributed by atoms with Crippen LogP contribution in [0.2, 0.25) is 0 Å². The Kier molecular flexibility index (Phi) is 3.50. The minimum Gasteiger partial charge on any atom is -0.477 e. The van der Waals surface area contributed by atoms with Crippen molar-refractivity contribution in [1.29, 1.82) is 0 Å². The highest BCUT2D eigenvalue weighted by molar-refractivity contribution is 6.03. The lowest BCUT2D eigenvalue weighted by atomic mass is 10.2. The van der Waals surface area contributed by atoms with E-state index in [4.69, 9.17) is 5.11 Å². The molecule has 19 heavy (non-hydrogen) atoms. The van der Waals surface area contributed by atoms with Crippen molar-refractivity contribution in [3.05, 3.63) is 17.7 Å². The summed E-state index contributed by atoms with van der Waals surface area (Å²) in [4.78, 5) is 43.9. The van der Waals surface area contributed by atoms with Crippen LogP contribution in [0.3, 0.4) is 0 Å². The molecule has 2 heterocycles. The number of carbonyl (C=O) groups is 3. The molecular formula is C11H14N4O4. The number of amides is 2. The lowest BCUT2D eigenvalue weighted by Crippen LogP contribution is -2.38. The van der Waals surface area contributed by atoms with Crippen molar-refractivity contribution in [2.75, 3.05) is 26.7 Å². The van der Waals surface area contributed by atoms with Crippen molar-refractivity contribution in [3.8, 4) is 0 Å². The molecule has 2 amide bonds. The van der Waals surface area contributed by atoms with Gasteiger partial charge in [0.05, 0.1) is 6.33 Å². The summed E-state index contributed by atoms with van der Waals surface area (Å²) in [6.45, 7) is 0.928. The van der Waals surface area contributed by atoms with Crippen molar-refractivity contribution >= 4 is 17.8 Å². The van der Waals surface area contributed by atoms with Crippen LogP contribution in [0.1, 0.15) is 27.4 Å². The van der Waals surface area contributed by atoms with Crippen LogP contribution >= 0.6 is 0 Å². The summed E-state index contributed by atoms with van der Waals surface area (Å²) in [5.41, 5.74) is -0.417. The second kappa shape index (κ2) is 5.09. The van der Waals surface area contributed by atoms with Crippen molar-refractivity contribution < 1.29 is 19.5 Å². The molecule has 1 saturated heterocycles. The van der Waals surface area contributed by atoms with Gasteiger partial charge < -0.3 is 19.9 Å². The number of carbonyl (C=O) groups excluding carboxylic acids is 2. The molecule has 0 atom stereocenters. The summed E-state index contributed by atoms with van der Waals surface area (Å²) in [6.07, 6.45) is 1.81. The average molecular weight is 266 g/mol. The van der Waals surface area contributed by atoms with E-state index >= 15 is 0 Å².